The number of ketones is 1. The zero-order valence-corrected chi connectivity index (χ0v) is 10.9. The molecule has 0 amide bonds. The number of fused-ring (bicyclic) bond motifs is 1. The molecule has 2 heteroatoms. The normalized spacial score (nSPS) is 11.0. The highest BCUT2D eigenvalue weighted by atomic mass is 16.1. The van der Waals surface area contributed by atoms with Gasteiger partial charge < -0.3 is 0 Å². The molecule has 2 nitrogen and oxygen atoms in total. The predicted octanol–water partition coefficient (Wildman–Crippen LogP) is 4.13. The Hall–Kier alpha value is -2.74. The van der Waals surface area contributed by atoms with Crippen LogP contribution >= 0.6 is 0 Å². The highest BCUT2D eigenvalue weighted by Crippen LogP contribution is 2.16. The number of aromatic nitrogens is 1. The topological polar surface area (TPSA) is 30.0 Å². The Bertz CT molecular complexity index is 776. The Morgan fingerprint density at radius 2 is 1.65 bits per heavy atom. The van der Waals surface area contributed by atoms with Gasteiger partial charge >= 0.3 is 0 Å². The van der Waals surface area contributed by atoms with E-state index < -0.39 is 0 Å². The first-order chi connectivity index (χ1) is 9.83. The second-order valence-electron chi connectivity index (χ2n) is 4.54. The molecular formula is C18H13NO. The molecule has 0 fully saturated rings. The number of rotatable bonds is 3. The van der Waals surface area contributed by atoms with Crippen molar-refractivity contribution in [1.29, 1.82) is 0 Å². The van der Waals surface area contributed by atoms with Crippen LogP contribution in [0.5, 0.6) is 0 Å². The molecule has 1 heterocycles. The monoisotopic (exact) mass is 259 g/mol. The molecule has 96 valence electrons. The molecule has 2 aromatic carbocycles. The SMILES string of the molecule is O=C(/C=C/c1ccc2ccccc2c1)c1ccncc1. The van der Waals surface area contributed by atoms with Gasteiger partial charge in [-0.15, -0.1) is 0 Å². The summed E-state index contributed by atoms with van der Waals surface area (Å²) >= 11 is 0. The molecular weight excluding hydrogens is 246 g/mol. The van der Waals surface area contributed by atoms with Crippen LogP contribution in [-0.4, -0.2) is 10.8 Å². The van der Waals surface area contributed by atoms with Gasteiger partial charge in [-0.05, 0) is 40.6 Å². The number of hydrogen-bond acceptors (Lipinski definition) is 2. The summed E-state index contributed by atoms with van der Waals surface area (Å²) in [6.07, 6.45) is 6.68. The van der Waals surface area contributed by atoms with E-state index in [1.54, 1.807) is 30.6 Å². The third kappa shape index (κ3) is 2.64. The smallest absolute Gasteiger partial charge is 0.185 e. The lowest BCUT2D eigenvalue weighted by Crippen LogP contribution is -1.93. The molecule has 0 radical (unpaired) electrons. The largest absolute Gasteiger partial charge is 0.289 e. The van der Waals surface area contributed by atoms with E-state index in [1.165, 1.54) is 10.8 Å². The summed E-state index contributed by atoms with van der Waals surface area (Å²) in [4.78, 5) is 15.9. The fourth-order valence-electron chi connectivity index (χ4n) is 2.10. The molecule has 3 aromatic rings. The molecule has 0 atom stereocenters. The number of hydrogen-bond donors (Lipinski definition) is 0. The Morgan fingerprint density at radius 3 is 2.45 bits per heavy atom. The van der Waals surface area contributed by atoms with Crippen molar-refractivity contribution < 1.29 is 4.79 Å². The lowest BCUT2D eigenvalue weighted by Gasteiger charge is -1.99. The van der Waals surface area contributed by atoms with Gasteiger partial charge in [-0.1, -0.05) is 42.5 Å². The number of nitrogens with zero attached hydrogens (tertiary/aromatic N) is 1. The van der Waals surface area contributed by atoms with E-state index in [0.29, 0.717) is 5.56 Å². The first-order valence-electron chi connectivity index (χ1n) is 6.44. The minimum Gasteiger partial charge on any atom is -0.289 e. The molecule has 0 aliphatic heterocycles. The van der Waals surface area contributed by atoms with Crippen molar-refractivity contribution in [1.82, 2.24) is 4.98 Å². The molecule has 0 saturated heterocycles. The van der Waals surface area contributed by atoms with E-state index in [0.717, 1.165) is 5.56 Å². The average molecular weight is 259 g/mol. The van der Waals surface area contributed by atoms with E-state index in [4.69, 9.17) is 0 Å². The fourth-order valence-corrected chi connectivity index (χ4v) is 2.10. The van der Waals surface area contributed by atoms with Crippen LogP contribution in [0.25, 0.3) is 16.8 Å². The third-order valence-corrected chi connectivity index (χ3v) is 3.17. The maximum Gasteiger partial charge on any atom is 0.185 e. The van der Waals surface area contributed by atoms with Gasteiger partial charge in [-0.25, -0.2) is 0 Å². The summed E-state index contributed by atoms with van der Waals surface area (Å²) in [5, 5.41) is 2.37. The number of pyridine rings is 1. The Balaban J connectivity index is 1.85. The lowest BCUT2D eigenvalue weighted by atomic mass is 10.1. The van der Waals surface area contributed by atoms with Crippen LogP contribution in [0, 0.1) is 0 Å². The molecule has 0 aliphatic carbocycles. The Kier molecular flexibility index (Phi) is 3.38. The predicted molar refractivity (Wildman–Crippen MR) is 81.5 cm³/mol. The van der Waals surface area contributed by atoms with Gasteiger partial charge in [0.1, 0.15) is 0 Å². The molecule has 3 rings (SSSR count). The van der Waals surface area contributed by atoms with E-state index in [1.807, 2.05) is 24.3 Å². The van der Waals surface area contributed by atoms with E-state index in [-0.39, 0.29) is 5.78 Å². The van der Waals surface area contributed by atoms with Crippen molar-refractivity contribution in [2.24, 2.45) is 0 Å². The van der Waals surface area contributed by atoms with Gasteiger partial charge in [0.15, 0.2) is 5.78 Å². The van der Waals surface area contributed by atoms with E-state index in [2.05, 4.69) is 29.2 Å². The van der Waals surface area contributed by atoms with Crippen molar-refractivity contribution >= 4 is 22.6 Å². The van der Waals surface area contributed by atoms with Gasteiger partial charge in [0, 0.05) is 18.0 Å². The molecule has 0 saturated carbocycles. The van der Waals surface area contributed by atoms with Crippen LogP contribution in [0.4, 0.5) is 0 Å². The summed E-state index contributed by atoms with van der Waals surface area (Å²) in [5.41, 5.74) is 1.67. The zero-order chi connectivity index (χ0) is 13.8. The summed E-state index contributed by atoms with van der Waals surface area (Å²) in [5.74, 6) is -0.0134. The van der Waals surface area contributed by atoms with Crippen molar-refractivity contribution in [2.45, 2.75) is 0 Å². The van der Waals surface area contributed by atoms with Crippen LogP contribution in [0.15, 0.2) is 73.1 Å². The molecule has 0 aliphatic rings. The van der Waals surface area contributed by atoms with Crippen LogP contribution in [0.2, 0.25) is 0 Å². The van der Waals surface area contributed by atoms with Crippen molar-refractivity contribution in [3.63, 3.8) is 0 Å². The maximum absolute atomic E-state index is 12.0. The summed E-state index contributed by atoms with van der Waals surface area (Å²) in [6.45, 7) is 0. The molecule has 0 unspecified atom stereocenters. The quantitative estimate of drug-likeness (QED) is 0.523. The van der Waals surface area contributed by atoms with Gasteiger partial charge in [0.25, 0.3) is 0 Å². The second-order valence-corrected chi connectivity index (χ2v) is 4.54. The van der Waals surface area contributed by atoms with Crippen LogP contribution in [0.1, 0.15) is 15.9 Å². The van der Waals surface area contributed by atoms with Gasteiger partial charge in [0.2, 0.25) is 0 Å². The first kappa shape index (κ1) is 12.3. The summed E-state index contributed by atoms with van der Waals surface area (Å²) < 4.78 is 0. The average Bonchev–Trinajstić information content (AvgIpc) is 2.53. The molecule has 0 N–H and O–H groups in total. The van der Waals surface area contributed by atoms with Crippen LogP contribution in [-0.2, 0) is 0 Å². The van der Waals surface area contributed by atoms with Crippen LogP contribution in [0.3, 0.4) is 0 Å². The third-order valence-electron chi connectivity index (χ3n) is 3.17. The summed E-state index contributed by atoms with van der Waals surface area (Å²) in [7, 11) is 0. The van der Waals surface area contributed by atoms with E-state index in [9.17, 15) is 4.79 Å². The molecule has 1 aromatic heterocycles. The van der Waals surface area contributed by atoms with Gasteiger partial charge in [-0.3, -0.25) is 9.78 Å². The minimum atomic E-state index is -0.0134. The Morgan fingerprint density at radius 1 is 0.900 bits per heavy atom. The number of carbonyl (C=O) groups excluding carboxylic acids is 1. The lowest BCUT2D eigenvalue weighted by molar-refractivity contribution is 0.104. The minimum absolute atomic E-state index is 0.0134. The van der Waals surface area contributed by atoms with Gasteiger partial charge in [0.05, 0.1) is 0 Å². The fraction of sp³-hybridized carbons (Fsp3) is 0. The first-order valence-corrected chi connectivity index (χ1v) is 6.44. The standard InChI is InChI=1S/C18H13NO/c20-18(16-9-11-19-12-10-16)8-6-14-5-7-15-3-1-2-4-17(15)13-14/h1-13H/b8-6+. The molecule has 0 spiro atoms. The highest BCUT2D eigenvalue weighted by Gasteiger charge is 2.00. The Labute approximate surface area is 117 Å². The zero-order valence-electron chi connectivity index (χ0n) is 10.9. The second kappa shape index (κ2) is 5.49. The highest BCUT2D eigenvalue weighted by molar-refractivity contribution is 6.06. The number of allylic oxidation sites excluding steroid dienone is 1. The molecule has 0 bridgehead atoms. The van der Waals surface area contributed by atoms with Crippen LogP contribution < -0.4 is 0 Å². The summed E-state index contributed by atoms with van der Waals surface area (Å²) in [6, 6.07) is 17.8. The van der Waals surface area contributed by atoms with Crippen molar-refractivity contribution in [2.75, 3.05) is 0 Å². The van der Waals surface area contributed by atoms with Crippen molar-refractivity contribution in [3.8, 4) is 0 Å². The number of carbonyl (C=O) groups is 1. The molecule has 20 heavy (non-hydrogen) atoms. The maximum atomic E-state index is 12.0. The number of benzene rings is 2. The van der Waals surface area contributed by atoms with Crippen molar-refractivity contribution in [3.05, 3.63) is 84.2 Å². The van der Waals surface area contributed by atoms with Gasteiger partial charge in [-0.2, -0.15) is 0 Å². The van der Waals surface area contributed by atoms with E-state index >= 15 is 0 Å².